The van der Waals surface area contributed by atoms with Crippen LogP contribution in [0.4, 0.5) is 0 Å². The summed E-state index contributed by atoms with van der Waals surface area (Å²) in [6.07, 6.45) is -0.0456. The molecule has 1 heterocycles. The van der Waals surface area contributed by atoms with E-state index in [1.54, 1.807) is 6.92 Å². The molecule has 3 unspecified atom stereocenters. The summed E-state index contributed by atoms with van der Waals surface area (Å²) >= 11 is 0. The molecular formula is C11H24N2O2. The predicted molar refractivity (Wildman–Crippen MR) is 61.0 cm³/mol. The third kappa shape index (κ3) is 4.47. The Bertz CT molecular complexity index is 176. The SMILES string of the molecule is CCN1CCOC(CNC(C)C(C)O)C1. The highest BCUT2D eigenvalue weighted by Gasteiger charge is 2.20. The number of hydrogen-bond acceptors (Lipinski definition) is 4. The van der Waals surface area contributed by atoms with Gasteiger partial charge in [0.25, 0.3) is 0 Å². The maximum Gasteiger partial charge on any atom is 0.0826 e. The molecule has 4 nitrogen and oxygen atoms in total. The van der Waals surface area contributed by atoms with Crippen molar-refractivity contribution in [3.63, 3.8) is 0 Å². The summed E-state index contributed by atoms with van der Waals surface area (Å²) in [5.74, 6) is 0. The predicted octanol–water partition coefficient (Wildman–Crippen LogP) is 0.0660. The lowest BCUT2D eigenvalue weighted by Gasteiger charge is -2.33. The molecule has 2 N–H and O–H groups in total. The van der Waals surface area contributed by atoms with Crippen molar-refractivity contribution >= 4 is 0 Å². The average Bonchev–Trinajstić information content (AvgIpc) is 2.26. The molecule has 0 aromatic carbocycles. The molecule has 1 saturated heterocycles. The van der Waals surface area contributed by atoms with Crippen molar-refractivity contribution in [2.75, 3.05) is 32.8 Å². The van der Waals surface area contributed by atoms with Crippen molar-refractivity contribution < 1.29 is 9.84 Å². The highest BCUT2D eigenvalue weighted by Crippen LogP contribution is 2.04. The van der Waals surface area contributed by atoms with Crippen LogP contribution in [-0.4, -0.2) is 61.0 Å². The number of nitrogens with zero attached hydrogens (tertiary/aromatic N) is 1. The van der Waals surface area contributed by atoms with E-state index in [2.05, 4.69) is 17.1 Å². The minimum atomic E-state index is -0.309. The summed E-state index contributed by atoms with van der Waals surface area (Å²) in [6.45, 7) is 10.7. The van der Waals surface area contributed by atoms with Crippen LogP contribution in [0.15, 0.2) is 0 Å². The van der Waals surface area contributed by atoms with E-state index < -0.39 is 0 Å². The van der Waals surface area contributed by atoms with Gasteiger partial charge in [0.15, 0.2) is 0 Å². The third-order valence-corrected chi connectivity index (χ3v) is 3.06. The van der Waals surface area contributed by atoms with E-state index in [4.69, 9.17) is 4.74 Å². The van der Waals surface area contributed by atoms with Crippen molar-refractivity contribution in [3.8, 4) is 0 Å². The Kier molecular flexibility index (Phi) is 5.53. The second kappa shape index (κ2) is 6.43. The molecule has 0 radical (unpaired) electrons. The highest BCUT2D eigenvalue weighted by molar-refractivity contribution is 4.75. The summed E-state index contributed by atoms with van der Waals surface area (Å²) in [5, 5.41) is 12.6. The molecular weight excluding hydrogens is 192 g/mol. The Morgan fingerprint density at radius 1 is 1.53 bits per heavy atom. The topological polar surface area (TPSA) is 44.7 Å². The first-order valence-electron chi connectivity index (χ1n) is 5.89. The fourth-order valence-corrected chi connectivity index (χ4v) is 1.68. The van der Waals surface area contributed by atoms with Gasteiger partial charge in [-0.05, 0) is 20.4 Å². The van der Waals surface area contributed by atoms with Gasteiger partial charge in [-0.1, -0.05) is 6.92 Å². The summed E-state index contributed by atoms with van der Waals surface area (Å²) < 4.78 is 5.65. The molecule has 0 aromatic rings. The second-order valence-corrected chi connectivity index (χ2v) is 4.32. The average molecular weight is 216 g/mol. The van der Waals surface area contributed by atoms with Crippen LogP contribution in [0, 0.1) is 0 Å². The van der Waals surface area contributed by atoms with Gasteiger partial charge in [-0.3, -0.25) is 4.90 Å². The van der Waals surface area contributed by atoms with Gasteiger partial charge in [-0.25, -0.2) is 0 Å². The van der Waals surface area contributed by atoms with E-state index in [1.165, 1.54) is 0 Å². The molecule has 0 saturated carbocycles. The van der Waals surface area contributed by atoms with Gasteiger partial charge in [-0.15, -0.1) is 0 Å². The minimum Gasteiger partial charge on any atom is -0.392 e. The Morgan fingerprint density at radius 2 is 2.27 bits per heavy atom. The maximum atomic E-state index is 9.33. The molecule has 3 atom stereocenters. The molecule has 1 aliphatic rings. The van der Waals surface area contributed by atoms with Gasteiger partial charge in [0.1, 0.15) is 0 Å². The van der Waals surface area contributed by atoms with Crippen LogP contribution < -0.4 is 5.32 Å². The number of aliphatic hydroxyl groups excluding tert-OH is 1. The maximum absolute atomic E-state index is 9.33. The van der Waals surface area contributed by atoms with E-state index in [-0.39, 0.29) is 18.2 Å². The molecule has 4 heteroatoms. The Morgan fingerprint density at radius 3 is 2.87 bits per heavy atom. The molecule has 0 bridgehead atoms. The molecule has 15 heavy (non-hydrogen) atoms. The number of likely N-dealkylation sites (N-methyl/N-ethyl adjacent to an activating group) is 1. The summed E-state index contributed by atoms with van der Waals surface area (Å²) in [4.78, 5) is 2.39. The summed E-state index contributed by atoms with van der Waals surface area (Å²) in [7, 11) is 0. The Hall–Kier alpha value is -0.160. The molecule has 90 valence electrons. The lowest BCUT2D eigenvalue weighted by atomic mass is 10.2. The standard InChI is InChI=1S/C11H24N2O2/c1-4-13-5-6-15-11(8-13)7-12-9(2)10(3)14/h9-12,14H,4-8H2,1-3H3. The van der Waals surface area contributed by atoms with Gasteiger partial charge < -0.3 is 15.2 Å². The van der Waals surface area contributed by atoms with E-state index >= 15 is 0 Å². The lowest BCUT2D eigenvalue weighted by molar-refractivity contribution is -0.0278. The number of ether oxygens (including phenoxy) is 1. The smallest absolute Gasteiger partial charge is 0.0826 e. The first-order chi connectivity index (χ1) is 7.13. The van der Waals surface area contributed by atoms with Crippen LogP contribution in [0.5, 0.6) is 0 Å². The number of hydrogen-bond donors (Lipinski definition) is 2. The van der Waals surface area contributed by atoms with Gasteiger partial charge in [0.2, 0.25) is 0 Å². The first-order valence-corrected chi connectivity index (χ1v) is 5.89. The fraction of sp³-hybridized carbons (Fsp3) is 1.00. The van der Waals surface area contributed by atoms with Crippen LogP contribution >= 0.6 is 0 Å². The Balaban J connectivity index is 2.20. The van der Waals surface area contributed by atoms with Gasteiger partial charge in [0, 0.05) is 25.7 Å². The Labute approximate surface area is 92.6 Å². The number of aliphatic hydroxyl groups is 1. The molecule has 0 spiro atoms. The molecule has 0 aromatic heterocycles. The zero-order valence-corrected chi connectivity index (χ0v) is 10.1. The van der Waals surface area contributed by atoms with Crippen molar-refractivity contribution in [2.24, 2.45) is 0 Å². The lowest BCUT2D eigenvalue weighted by Crippen LogP contribution is -2.49. The zero-order chi connectivity index (χ0) is 11.3. The summed E-state index contributed by atoms with van der Waals surface area (Å²) in [6, 6.07) is 0.130. The largest absolute Gasteiger partial charge is 0.392 e. The number of nitrogens with one attached hydrogen (secondary N) is 1. The van der Waals surface area contributed by atoms with Gasteiger partial charge in [0.05, 0.1) is 18.8 Å². The minimum absolute atomic E-state index is 0.130. The molecule has 1 fully saturated rings. The molecule has 0 amide bonds. The van der Waals surface area contributed by atoms with E-state index in [0.29, 0.717) is 0 Å². The molecule has 0 aliphatic carbocycles. The van der Waals surface area contributed by atoms with Crippen LogP contribution in [0.1, 0.15) is 20.8 Å². The van der Waals surface area contributed by atoms with E-state index in [9.17, 15) is 5.11 Å². The second-order valence-electron chi connectivity index (χ2n) is 4.32. The fourth-order valence-electron chi connectivity index (χ4n) is 1.68. The zero-order valence-electron chi connectivity index (χ0n) is 10.1. The van der Waals surface area contributed by atoms with Crippen LogP contribution in [0.3, 0.4) is 0 Å². The van der Waals surface area contributed by atoms with Crippen molar-refractivity contribution in [1.82, 2.24) is 10.2 Å². The summed E-state index contributed by atoms with van der Waals surface area (Å²) in [5.41, 5.74) is 0. The first kappa shape index (κ1) is 12.9. The van der Waals surface area contributed by atoms with Gasteiger partial charge in [-0.2, -0.15) is 0 Å². The normalized spacial score (nSPS) is 27.6. The van der Waals surface area contributed by atoms with Crippen molar-refractivity contribution in [2.45, 2.75) is 39.0 Å². The molecule has 1 rings (SSSR count). The van der Waals surface area contributed by atoms with E-state index in [1.807, 2.05) is 6.92 Å². The van der Waals surface area contributed by atoms with Crippen LogP contribution in [-0.2, 0) is 4.74 Å². The highest BCUT2D eigenvalue weighted by atomic mass is 16.5. The quantitative estimate of drug-likeness (QED) is 0.682. The number of morpholine rings is 1. The van der Waals surface area contributed by atoms with Crippen molar-refractivity contribution in [3.05, 3.63) is 0 Å². The van der Waals surface area contributed by atoms with E-state index in [0.717, 1.165) is 32.8 Å². The van der Waals surface area contributed by atoms with Crippen LogP contribution in [0.2, 0.25) is 0 Å². The van der Waals surface area contributed by atoms with Gasteiger partial charge >= 0.3 is 0 Å². The van der Waals surface area contributed by atoms with Crippen molar-refractivity contribution in [1.29, 1.82) is 0 Å². The van der Waals surface area contributed by atoms with Crippen LogP contribution in [0.25, 0.3) is 0 Å². The number of rotatable bonds is 5. The third-order valence-electron chi connectivity index (χ3n) is 3.06. The molecule has 1 aliphatic heterocycles. The monoisotopic (exact) mass is 216 g/mol.